The van der Waals surface area contributed by atoms with Crippen molar-refractivity contribution in [3.63, 3.8) is 0 Å². The molecule has 0 amide bonds. The van der Waals surface area contributed by atoms with E-state index < -0.39 is 0 Å². The van der Waals surface area contributed by atoms with Gasteiger partial charge >= 0.3 is 0 Å². The SMILES string of the molecule is c1ccc(-c2ccc(-c3nc(-c4ccc(-c5ccccc5)cc4)c4c(n3)oc3c4ccc4c5ccccc5n(-c5ccccc5)c43)cc2)cc1. The zero-order valence-electron chi connectivity index (χ0n) is 27.0. The first-order chi connectivity index (χ1) is 24.8. The Morgan fingerprint density at radius 2 is 0.920 bits per heavy atom. The topological polar surface area (TPSA) is 43.9 Å². The maximum atomic E-state index is 6.90. The van der Waals surface area contributed by atoms with Gasteiger partial charge in [0.05, 0.1) is 22.1 Å². The van der Waals surface area contributed by atoms with Gasteiger partial charge in [0.1, 0.15) is 0 Å². The summed E-state index contributed by atoms with van der Waals surface area (Å²) in [5.74, 6) is 0.623. The van der Waals surface area contributed by atoms with Crippen LogP contribution in [0.25, 0.3) is 94.5 Å². The number of hydrogen-bond acceptors (Lipinski definition) is 3. The van der Waals surface area contributed by atoms with Crippen LogP contribution in [-0.4, -0.2) is 14.5 Å². The van der Waals surface area contributed by atoms with Crippen molar-refractivity contribution in [3.8, 4) is 50.6 Å². The van der Waals surface area contributed by atoms with Crippen LogP contribution in [-0.2, 0) is 0 Å². The molecule has 0 bridgehead atoms. The Labute approximate surface area is 288 Å². The molecule has 7 aromatic carbocycles. The largest absolute Gasteiger partial charge is 0.435 e. The Bertz CT molecular complexity index is 2820. The second-order valence-corrected chi connectivity index (χ2v) is 12.6. The smallest absolute Gasteiger partial charge is 0.231 e. The maximum absolute atomic E-state index is 6.90. The van der Waals surface area contributed by atoms with Crippen molar-refractivity contribution < 1.29 is 4.42 Å². The van der Waals surface area contributed by atoms with Gasteiger partial charge in [0.2, 0.25) is 5.71 Å². The third-order valence-electron chi connectivity index (χ3n) is 9.66. The number of benzene rings is 7. The highest BCUT2D eigenvalue weighted by Crippen LogP contribution is 2.43. The summed E-state index contributed by atoms with van der Waals surface area (Å²) in [4.78, 5) is 10.4. The molecular weight excluding hydrogens is 611 g/mol. The summed E-state index contributed by atoms with van der Waals surface area (Å²) in [6.45, 7) is 0. The third-order valence-corrected chi connectivity index (χ3v) is 9.66. The molecule has 0 saturated carbocycles. The van der Waals surface area contributed by atoms with Crippen LogP contribution in [0.3, 0.4) is 0 Å². The van der Waals surface area contributed by atoms with E-state index in [0.29, 0.717) is 11.5 Å². The van der Waals surface area contributed by atoms with Crippen LogP contribution >= 0.6 is 0 Å². The van der Waals surface area contributed by atoms with Crippen molar-refractivity contribution in [1.82, 2.24) is 14.5 Å². The summed E-state index contributed by atoms with van der Waals surface area (Å²) in [6, 6.07) is 61.4. The molecule has 0 aliphatic carbocycles. The standard InChI is InChI=1S/C46H29N3O/c1-4-12-30(13-5-1)32-20-24-34(25-21-32)42-41-39-29-28-38-37-18-10-11-19-40(37)49(36-16-8-3-9-17-36)43(38)44(39)50-46(41)48-45(47-42)35-26-22-33(23-27-35)31-14-6-2-7-15-31/h1-29H. The molecule has 3 heterocycles. The molecule has 0 saturated heterocycles. The molecule has 10 rings (SSSR count). The summed E-state index contributed by atoms with van der Waals surface area (Å²) in [7, 11) is 0. The number of rotatable bonds is 5. The molecule has 10 aromatic rings. The highest BCUT2D eigenvalue weighted by molar-refractivity contribution is 6.23. The van der Waals surface area contributed by atoms with E-state index in [4.69, 9.17) is 14.4 Å². The fourth-order valence-electron chi connectivity index (χ4n) is 7.26. The molecule has 234 valence electrons. The van der Waals surface area contributed by atoms with E-state index in [0.717, 1.165) is 66.4 Å². The van der Waals surface area contributed by atoms with Gasteiger partial charge in [-0.25, -0.2) is 4.98 Å². The number of para-hydroxylation sites is 2. The fraction of sp³-hybridized carbons (Fsp3) is 0. The van der Waals surface area contributed by atoms with Gasteiger partial charge in [0.15, 0.2) is 11.4 Å². The van der Waals surface area contributed by atoms with Crippen molar-refractivity contribution in [2.45, 2.75) is 0 Å². The Kier molecular flexibility index (Phi) is 6.46. The average Bonchev–Trinajstić information content (AvgIpc) is 3.75. The lowest BCUT2D eigenvalue weighted by Gasteiger charge is -2.09. The van der Waals surface area contributed by atoms with E-state index in [9.17, 15) is 0 Å². The molecule has 3 aromatic heterocycles. The van der Waals surface area contributed by atoms with Crippen LogP contribution in [0.15, 0.2) is 180 Å². The van der Waals surface area contributed by atoms with Gasteiger partial charge in [-0.1, -0.05) is 152 Å². The fourth-order valence-corrected chi connectivity index (χ4v) is 7.26. The Morgan fingerprint density at radius 1 is 0.400 bits per heavy atom. The highest BCUT2D eigenvalue weighted by atomic mass is 16.3. The van der Waals surface area contributed by atoms with Crippen LogP contribution in [0, 0.1) is 0 Å². The van der Waals surface area contributed by atoms with E-state index in [1.807, 2.05) is 18.2 Å². The van der Waals surface area contributed by atoms with Crippen molar-refractivity contribution in [3.05, 3.63) is 176 Å². The Balaban J connectivity index is 1.24. The summed E-state index contributed by atoms with van der Waals surface area (Å²) in [6.07, 6.45) is 0. The van der Waals surface area contributed by atoms with E-state index in [2.05, 4.69) is 162 Å². The van der Waals surface area contributed by atoms with Crippen molar-refractivity contribution in [2.24, 2.45) is 0 Å². The minimum Gasteiger partial charge on any atom is -0.435 e. The number of aromatic nitrogens is 3. The zero-order valence-corrected chi connectivity index (χ0v) is 27.0. The molecule has 50 heavy (non-hydrogen) atoms. The van der Waals surface area contributed by atoms with Gasteiger partial charge in [-0.15, -0.1) is 0 Å². The maximum Gasteiger partial charge on any atom is 0.231 e. The minimum absolute atomic E-state index is 0.566. The van der Waals surface area contributed by atoms with E-state index in [1.54, 1.807) is 0 Å². The molecule has 0 fully saturated rings. The van der Waals surface area contributed by atoms with E-state index >= 15 is 0 Å². The Morgan fingerprint density at radius 3 is 1.58 bits per heavy atom. The first-order valence-electron chi connectivity index (χ1n) is 16.8. The van der Waals surface area contributed by atoms with Crippen molar-refractivity contribution in [2.75, 3.05) is 0 Å². The molecular formula is C46H29N3O. The molecule has 0 aliphatic rings. The van der Waals surface area contributed by atoms with Crippen molar-refractivity contribution >= 4 is 43.9 Å². The molecule has 4 heteroatoms. The predicted molar refractivity (Wildman–Crippen MR) is 205 cm³/mol. The quantitative estimate of drug-likeness (QED) is 0.188. The van der Waals surface area contributed by atoms with Crippen molar-refractivity contribution in [1.29, 1.82) is 0 Å². The molecule has 0 unspecified atom stereocenters. The Hall–Kier alpha value is -6.78. The molecule has 4 nitrogen and oxygen atoms in total. The number of furan rings is 1. The van der Waals surface area contributed by atoms with Gasteiger partial charge in [0.25, 0.3) is 0 Å². The van der Waals surface area contributed by atoms with Gasteiger partial charge in [-0.3, -0.25) is 0 Å². The van der Waals surface area contributed by atoms with Crippen LogP contribution in [0.5, 0.6) is 0 Å². The second-order valence-electron chi connectivity index (χ2n) is 12.6. The monoisotopic (exact) mass is 639 g/mol. The minimum atomic E-state index is 0.566. The zero-order chi connectivity index (χ0) is 33.0. The number of fused-ring (bicyclic) bond motifs is 7. The van der Waals surface area contributed by atoms with Gasteiger partial charge in [0, 0.05) is 33.0 Å². The number of hydrogen-bond donors (Lipinski definition) is 0. The second kappa shape index (κ2) is 11.4. The molecule has 0 atom stereocenters. The molecule has 0 aliphatic heterocycles. The lowest BCUT2D eigenvalue weighted by atomic mass is 10.00. The van der Waals surface area contributed by atoms with Gasteiger partial charge in [-0.05, 0) is 46.5 Å². The van der Waals surface area contributed by atoms with Crippen LogP contribution < -0.4 is 0 Å². The summed E-state index contributed by atoms with van der Waals surface area (Å²) in [5.41, 5.74) is 12.0. The highest BCUT2D eigenvalue weighted by Gasteiger charge is 2.23. The first-order valence-corrected chi connectivity index (χ1v) is 16.8. The van der Waals surface area contributed by atoms with E-state index in [1.165, 1.54) is 16.5 Å². The number of nitrogens with zero attached hydrogens (tertiary/aromatic N) is 3. The van der Waals surface area contributed by atoms with Gasteiger partial charge in [-0.2, -0.15) is 4.98 Å². The lowest BCUT2D eigenvalue weighted by Crippen LogP contribution is -1.94. The molecule has 0 N–H and O–H groups in total. The summed E-state index contributed by atoms with van der Waals surface area (Å²) in [5, 5.41) is 4.20. The first kappa shape index (κ1) is 28.3. The average molecular weight is 640 g/mol. The van der Waals surface area contributed by atoms with E-state index in [-0.39, 0.29) is 0 Å². The lowest BCUT2D eigenvalue weighted by molar-refractivity contribution is 0.655. The van der Waals surface area contributed by atoms with Crippen LogP contribution in [0.1, 0.15) is 0 Å². The van der Waals surface area contributed by atoms with Crippen LogP contribution in [0.4, 0.5) is 0 Å². The van der Waals surface area contributed by atoms with Crippen LogP contribution in [0.2, 0.25) is 0 Å². The molecule has 0 spiro atoms. The summed E-state index contributed by atoms with van der Waals surface area (Å²) >= 11 is 0. The summed E-state index contributed by atoms with van der Waals surface area (Å²) < 4.78 is 9.20. The molecule has 0 radical (unpaired) electrons. The van der Waals surface area contributed by atoms with Gasteiger partial charge < -0.3 is 8.98 Å². The third kappa shape index (κ3) is 4.54. The normalized spacial score (nSPS) is 11.6. The predicted octanol–water partition coefficient (Wildman–Crippen LogP) is 12.1.